The molecule has 1 amide bonds. The molecule has 0 N–H and O–H groups in total. The predicted octanol–water partition coefficient (Wildman–Crippen LogP) is 4.55. The molecule has 0 unspecified atom stereocenters. The monoisotopic (exact) mass is 365 g/mol. The summed E-state index contributed by atoms with van der Waals surface area (Å²) in [6.45, 7) is 6.69. The van der Waals surface area contributed by atoms with E-state index >= 15 is 0 Å². The summed E-state index contributed by atoms with van der Waals surface area (Å²) >= 11 is 1.50. The Bertz CT molecular complexity index is 846. The van der Waals surface area contributed by atoms with Crippen molar-refractivity contribution in [2.24, 2.45) is 10.2 Å². The minimum absolute atomic E-state index is 0.0752. The van der Waals surface area contributed by atoms with Gasteiger partial charge in [0.25, 0.3) is 0 Å². The van der Waals surface area contributed by atoms with E-state index in [0.717, 1.165) is 23.1 Å². The maximum absolute atomic E-state index is 12.6. The highest BCUT2D eigenvalue weighted by Gasteiger charge is 2.36. The van der Waals surface area contributed by atoms with Gasteiger partial charge < -0.3 is 0 Å². The third-order valence-electron chi connectivity index (χ3n) is 4.34. The fourth-order valence-electron chi connectivity index (χ4n) is 2.87. The molecule has 0 aromatic heterocycles. The van der Waals surface area contributed by atoms with E-state index in [1.807, 2.05) is 43.3 Å². The first-order valence-electron chi connectivity index (χ1n) is 8.78. The minimum Gasteiger partial charge on any atom is -0.284 e. The highest BCUT2D eigenvalue weighted by Crippen LogP contribution is 2.30. The summed E-state index contributed by atoms with van der Waals surface area (Å²) < 4.78 is 0. The Kier molecular flexibility index (Phi) is 5.89. The Morgan fingerprint density at radius 3 is 2.62 bits per heavy atom. The molecule has 1 aliphatic heterocycles. The second-order valence-corrected chi connectivity index (χ2v) is 7.58. The lowest BCUT2D eigenvalue weighted by Crippen LogP contribution is -2.31. The van der Waals surface area contributed by atoms with Crippen LogP contribution in [-0.4, -0.2) is 27.4 Å². The normalized spacial score (nSPS) is 19.0. The summed E-state index contributed by atoms with van der Waals surface area (Å²) in [6, 6.07) is 16.2. The number of thioether (sulfide) groups is 1. The molecule has 26 heavy (non-hydrogen) atoms. The zero-order valence-electron chi connectivity index (χ0n) is 15.3. The van der Waals surface area contributed by atoms with Gasteiger partial charge in [-0.3, -0.25) is 9.69 Å². The first kappa shape index (κ1) is 18.4. The average molecular weight is 366 g/mol. The van der Waals surface area contributed by atoms with E-state index in [4.69, 9.17) is 0 Å². The largest absolute Gasteiger partial charge is 0.284 e. The van der Waals surface area contributed by atoms with Crippen LogP contribution >= 0.6 is 11.8 Å². The molecule has 0 bridgehead atoms. The van der Waals surface area contributed by atoms with Crippen LogP contribution < -0.4 is 0 Å². The lowest BCUT2D eigenvalue weighted by Gasteiger charge is -2.15. The molecule has 4 nitrogen and oxygen atoms in total. The third-order valence-corrected chi connectivity index (χ3v) is 5.67. The van der Waals surface area contributed by atoms with Gasteiger partial charge in [0.05, 0.1) is 18.0 Å². The van der Waals surface area contributed by atoms with Crippen LogP contribution in [0, 0.1) is 13.8 Å². The predicted molar refractivity (Wildman–Crippen MR) is 110 cm³/mol. The molecular weight excluding hydrogens is 342 g/mol. The van der Waals surface area contributed by atoms with Gasteiger partial charge in [0.2, 0.25) is 5.91 Å². The number of carbonyl (C=O) groups excluding carboxylic acids is 1. The highest BCUT2D eigenvalue weighted by atomic mass is 32.2. The number of hydrogen-bond acceptors (Lipinski definition) is 4. The lowest BCUT2D eigenvalue weighted by molar-refractivity contribution is -0.126. The van der Waals surface area contributed by atoms with Crippen LogP contribution in [0.4, 0.5) is 0 Å². The topological polar surface area (TPSA) is 45.0 Å². The van der Waals surface area contributed by atoms with Crippen molar-refractivity contribution in [2.75, 3.05) is 0 Å². The first-order valence-corrected chi connectivity index (χ1v) is 9.66. The van der Waals surface area contributed by atoms with Crippen LogP contribution in [0.25, 0.3) is 0 Å². The fraction of sp³-hybridized carbons (Fsp3) is 0.286. The van der Waals surface area contributed by atoms with Crippen LogP contribution in [0.15, 0.2) is 58.7 Å². The molecule has 2 aromatic carbocycles. The summed E-state index contributed by atoms with van der Waals surface area (Å²) in [7, 11) is 0. The van der Waals surface area contributed by atoms with Gasteiger partial charge in [-0.05, 0) is 37.0 Å². The van der Waals surface area contributed by atoms with Crippen molar-refractivity contribution in [3.63, 3.8) is 0 Å². The van der Waals surface area contributed by atoms with Crippen molar-refractivity contribution >= 4 is 29.1 Å². The number of amidine groups is 1. The molecule has 1 fully saturated rings. The van der Waals surface area contributed by atoms with Gasteiger partial charge in [0.1, 0.15) is 0 Å². The number of rotatable bonds is 5. The molecule has 0 spiro atoms. The van der Waals surface area contributed by atoms with E-state index in [2.05, 4.69) is 36.2 Å². The maximum Gasteiger partial charge on any atom is 0.242 e. The zero-order chi connectivity index (χ0) is 18.5. The quantitative estimate of drug-likeness (QED) is 0.576. The van der Waals surface area contributed by atoms with Crippen molar-refractivity contribution < 1.29 is 4.79 Å². The van der Waals surface area contributed by atoms with Crippen molar-refractivity contribution in [1.29, 1.82) is 0 Å². The lowest BCUT2D eigenvalue weighted by atomic mass is 10.1. The Morgan fingerprint density at radius 2 is 1.92 bits per heavy atom. The first-order chi connectivity index (χ1) is 12.6. The molecule has 1 saturated heterocycles. The molecule has 0 aliphatic carbocycles. The molecule has 1 atom stereocenters. The van der Waals surface area contributed by atoms with Crippen LogP contribution in [-0.2, 0) is 11.3 Å². The molecule has 134 valence electrons. The van der Waals surface area contributed by atoms with E-state index in [9.17, 15) is 4.79 Å². The number of benzene rings is 2. The summed E-state index contributed by atoms with van der Waals surface area (Å²) in [5.41, 5.74) is 4.51. The standard InChI is InChI=1S/C21H23N3OS/c1-4-19-20(25)24(14-17-8-6-5-7-9-17)21(26-19)23-22-13-18-11-10-15(2)12-16(18)3/h5-13,19H,4,14H2,1-3H3/b22-13-,23-21+/t19-/m1/s1. The van der Waals surface area contributed by atoms with Gasteiger partial charge in [-0.1, -0.05) is 72.8 Å². The second-order valence-electron chi connectivity index (χ2n) is 6.41. The SMILES string of the molecule is CC[C@H]1S/C(=N/N=C\c2ccc(C)cc2C)N(Cc2ccccc2)C1=O. The maximum atomic E-state index is 12.6. The molecule has 1 heterocycles. The molecule has 2 aromatic rings. The van der Waals surface area contributed by atoms with E-state index in [1.54, 1.807) is 11.1 Å². The Morgan fingerprint density at radius 1 is 1.15 bits per heavy atom. The van der Waals surface area contributed by atoms with Crippen LogP contribution in [0.3, 0.4) is 0 Å². The van der Waals surface area contributed by atoms with Crippen molar-refractivity contribution in [3.05, 3.63) is 70.8 Å². The number of hydrogen-bond donors (Lipinski definition) is 0. The molecule has 5 heteroatoms. The van der Waals surface area contributed by atoms with E-state index in [-0.39, 0.29) is 11.2 Å². The minimum atomic E-state index is -0.0752. The highest BCUT2D eigenvalue weighted by molar-refractivity contribution is 8.15. The van der Waals surface area contributed by atoms with Gasteiger partial charge in [-0.25, -0.2) is 0 Å². The Labute approximate surface area is 159 Å². The zero-order valence-corrected chi connectivity index (χ0v) is 16.2. The second kappa shape index (κ2) is 8.32. The van der Waals surface area contributed by atoms with Crippen LogP contribution in [0.1, 0.15) is 35.6 Å². The summed E-state index contributed by atoms with van der Waals surface area (Å²) in [4.78, 5) is 14.4. The summed E-state index contributed by atoms with van der Waals surface area (Å²) in [6.07, 6.45) is 2.54. The van der Waals surface area contributed by atoms with E-state index in [1.165, 1.54) is 17.3 Å². The van der Waals surface area contributed by atoms with Gasteiger partial charge in [-0.2, -0.15) is 5.10 Å². The number of carbonyl (C=O) groups is 1. The number of aryl methyl sites for hydroxylation is 2. The Hall–Kier alpha value is -2.40. The molecule has 0 saturated carbocycles. The third kappa shape index (κ3) is 4.22. The van der Waals surface area contributed by atoms with Crippen molar-refractivity contribution in [1.82, 2.24) is 4.90 Å². The number of nitrogens with zero attached hydrogens (tertiary/aromatic N) is 3. The van der Waals surface area contributed by atoms with Gasteiger partial charge in [0.15, 0.2) is 5.17 Å². The molecule has 1 aliphatic rings. The van der Waals surface area contributed by atoms with Gasteiger partial charge >= 0.3 is 0 Å². The molecule has 3 rings (SSSR count). The fourth-order valence-corrected chi connectivity index (χ4v) is 3.89. The summed E-state index contributed by atoms with van der Waals surface area (Å²) in [5, 5.41) is 9.22. The Balaban J connectivity index is 1.81. The van der Waals surface area contributed by atoms with Crippen LogP contribution in [0.5, 0.6) is 0 Å². The van der Waals surface area contributed by atoms with E-state index < -0.39 is 0 Å². The smallest absolute Gasteiger partial charge is 0.242 e. The average Bonchev–Trinajstić information content (AvgIpc) is 2.93. The van der Waals surface area contributed by atoms with E-state index in [0.29, 0.717) is 11.7 Å². The molecular formula is C21H23N3OS. The molecule has 0 radical (unpaired) electrons. The van der Waals surface area contributed by atoms with Crippen molar-refractivity contribution in [3.8, 4) is 0 Å². The van der Waals surface area contributed by atoms with Gasteiger partial charge in [-0.15, -0.1) is 5.10 Å². The van der Waals surface area contributed by atoms with Gasteiger partial charge in [0, 0.05) is 0 Å². The summed E-state index contributed by atoms with van der Waals surface area (Å²) in [5.74, 6) is 0.113. The van der Waals surface area contributed by atoms with Crippen LogP contribution in [0.2, 0.25) is 0 Å². The number of amides is 1. The van der Waals surface area contributed by atoms with Crippen molar-refractivity contribution in [2.45, 2.75) is 39.0 Å².